The van der Waals surface area contributed by atoms with Gasteiger partial charge in [0.05, 0.1) is 16.6 Å². The fourth-order valence-electron chi connectivity index (χ4n) is 4.31. The lowest BCUT2D eigenvalue weighted by Gasteiger charge is -2.12. The minimum Gasteiger partial charge on any atom is -0.487 e. The molecule has 1 saturated heterocycles. The summed E-state index contributed by atoms with van der Waals surface area (Å²) in [6.07, 6.45) is 1.74. The summed E-state index contributed by atoms with van der Waals surface area (Å²) in [6, 6.07) is 17.2. The summed E-state index contributed by atoms with van der Waals surface area (Å²) in [5, 5.41) is 21.6. The molecule has 204 valence electrons. The molecule has 40 heavy (non-hydrogen) atoms. The Bertz CT molecular complexity index is 1600. The number of oxime groups is 1. The van der Waals surface area contributed by atoms with Crippen molar-refractivity contribution in [2.75, 3.05) is 18.5 Å². The molecule has 3 aromatic carbocycles. The van der Waals surface area contributed by atoms with Crippen molar-refractivity contribution in [3.05, 3.63) is 89.0 Å². The van der Waals surface area contributed by atoms with Crippen LogP contribution in [0.4, 0.5) is 15.9 Å². The van der Waals surface area contributed by atoms with E-state index in [1.807, 2.05) is 24.3 Å². The van der Waals surface area contributed by atoms with Crippen LogP contribution in [0.2, 0.25) is 5.02 Å². The highest BCUT2D eigenvalue weighted by Gasteiger charge is 2.22. The van der Waals surface area contributed by atoms with Crippen LogP contribution in [0, 0.1) is 17.7 Å². The van der Waals surface area contributed by atoms with E-state index in [4.69, 9.17) is 21.2 Å². The second kappa shape index (κ2) is 12.7. The maximum absolute atomic E-state index is 13.4. The van der Waals surface area contributed by atoms with E-state index in [0.29, 0.717) is 53.1 Å². The van der Waals surface area contributed by atoms with E-state index in [9.17, 15) is 9.50 Å². The van der Waals surface area contributed by atoms with Crippen molar-refractivity contribution in [3.8, 4) is 17.6 Å². The molecular formula is C30H27ClFN5O3. The standard InChI is InChI=1S/C30H27ClFN5O3/c1-2-4-27(37-40-17-23-13-24(38)15-33-23)20-7-9-28-25(12-20)30(35-18-34-28)36-22-8-10-29(26(31)14-22)39-16-19-5-3-6-21(32)11-19/h3,5-12,14,18,23-24,33,38H,13,15-17H2,1H3,(H,34,35,36)/b37-27+/t23-,24+/m0/s1. The number of anilines is 2. The lowest BCUT2D eigenvalue weighted by molar-refractivity contribution is 0.119. The van der Waals surface area contributed by atoms with Gasteiger partial charge in [-0.2, -0.15) is 0 Å². The number of rotatable bonds is 9. The first-order valence-corrected chi connectivity index (χ1v) is 13.1. The molecule has 1 aliphatic rings. The molecule has 1 aliphatic heterocycles. The Balaban J connectivity index is 1.33. The van der Waals surface area contributed by atoms with Gasteiger partial charge in [-0.1, -0.05) is 34.8 Å². The van der Waals surface area contributed by atoms with Gasteiger partial charge in [0, 0.05) is 29.2 Å². The number of hydrogen-bond donors (Lipinski definition) is 3. The number of halogens is 2. The number of nitrogens with one attached hydrogen (secondary N) is 2. The Kier molecular flexibility index (Phi) is 8.71. The number of fused-ring (bicyclic) bond motifs is 1. The number of hydrogen-bond acceptors (Lipinski definition) is 8. The molecule has 0 aliphatic carbocycles. The maximum atomic E-state index is 13.4. The van der Waals surface area contributed by atoms with Crippen molar-refractivity contribution in [1.29, 1.82) is 0 Å². The highest BCUT2D eigenvalue weighted by Crippen LogP contribution is 2.31. The van der Waals surface area contributed by atoms with E-state index in [1.165, 1.54) is 18.5 Å². The van der Waals surface area contributed by atoms with Gasteiger partial charge < -0.3 is 25.3 Å². The molecule has 8 nitrogen and oxygen atoms in total. The summed E-state index contributed by atoms with van der Waals surface area (Å²) in [7, 11) is 0. The third kappa shape index (κ3) is 6.85. The van der Waals surface area contributed by atoms with Gasteiger partial charge >= 0.3 is 0 Å². The van der Waals surface area contributed by atoms with E-state index >= 15 is 0 Å². The Morgan fingerprint density at radius 2 is 2.10 bits per heavy atom. The Morgan fingerprint density at radius 1 is 1.20 bits per heavy atom. The minimum atomic E-state index is -0.363. The first-order valence-electron chi connectivity index (χ1n) is 12.7. The van der Waals surface area contributed by atoms with E-state index in [-0.39, 0.29) is 24.6 Å². The van der Waals surface area contributed by atoms with Crippen LogP contribution in [-0.4, -0.2) is 46.1 Å². The van der Waals surface area contributed by atoms with Gasteiger partial charge in [-0.15, -0.1) is 0 Å². The summed E-state index contributed by atoms with van der Waals surface area (Å²) in [5.74, 6) is 6.62. The molecule has 10 heteroatoms. The van der Waals surface area contributed by atoms with Crippen molar-refractivity contribution in [2.45, 2.75) is 32.1 Å². The predicted molar refractivity (Wildman–Crippen MR) is 153 cm³/mol. The molecular weight excluding hydrogens is 533 g/mol. The highest BCUT2D eigenvalue weighted by molar-refractivity contribution is 6.32. The van der Waals surface area contributed by atoms with Crippen LogP contribution in [0.5, 0.6) is 5.75 Å². The molecule has 0 radical (unpaired) electrons. The highest BCUT2D eigenvalue weighted by atomic mass is 35.5. The normalized spacial score (nSPS) is 16.9. The van der Waals surface area contributed by atoms with E-state index in [1.54, 1.807) is 31.2 Å². The quantitative estimate of drug-likeness (QED) is 0.147. The number of aliphatic hydroxyl groups excluding tert-OH is 1. The Labute approximate surface area is 236 Å². The van der Waals surface area contributed by atoms with Gasteiger partial charge in [-0.05, 0) is 73.4 Å². The molecule has 0 saturated carbocycles. The lowest BCUT2D eigenvalue weighted by Crippen LogP contribution is -2.26. The maximum Gasteiger partial charge on any atom is 0.159 e. The summed E-state index contributed by atoms with van der Waals surface area (Å²) < 4.78 is 19.2. The number of ether oxygens (including phenoxy) is 1. The van der Waals surface area contributed by atoms with Crippen molar-refractivity contribution < 1.29 is 19.1 Å². The van der Waals surface area contributed by atoms with Crippen molar-refractivity contribution >= 4 is 39.7 Å². The average Bonchev–Trinajstić information content (AvgIpc) is 3.37. The van der Waals surface area contributed by atoms with Crippen LogP contribution in [0.1, 0.15) is 24.5 Å². The van der Waals surface area contributed by atoms with Crippen molar-refractivity contribution in [1.82, 2.24) is 15.3 Å². The van der Waals surface area contributed by atoms with Gasteiger partial charge in [0.15, 0.2) is 5.71 Å². The second-order valence-corrected chi connectivity index (χ2v) is 9.66. The molecule has 1 aromatic heterocycles. The molecule has 0 spiro atoms. The van der Waals surface area contributed by atoms with Crippen molar-refractivity contribution in [3.63, 3.8) is 0 Å². The van der Waals surface area contributed by atoms with E-state index in [0.717, 1.165) is 16.5 Å². The van der Waals surface area contributed by atoms with Gasteiger partial charge in [-0.3, -0.25) is 0 Å². The van der Waals surface area contributed by atoms with Crippen LogP contribution in [-0.2, 0) is 11.4 Å². The minimum absolute atomic E-state index is 0.0420. The van der Waals surface area contributed by atoms with Crippen LogP contribution < -0.4 is 15.4 Å². The van der Waals surface area contributed by atoms with Crippen LogP contribution >= 0.6 is 11.6 Å². The topological polar surface area (TPSA) is 101 Å². The predicted octanol–water partition coefficient (Wildman–Crippen LogP) is 5.21. The molecule has 0 unspecified atom stereocenters. The van der Waals surface area contributed by atoms with Crippen LogP contribution in [0.3, 0.4) is 0 Å². The van der Waals surface area contributed by atoms with Gasteiger partial charge in [0.25, 0.3) is 0 Å². The largest absolute Gasteiger partial charge is 0.487 e. The molecule has 0 bridgehead atoms. The number of nitrogens with zero attached hydrogens (tertiary/aromatic N) is 3. The second-order valence-electron chi connectivity index (χ2n) is 9.25. The monoisotopic (exact) mass is 559 g/mol. The molecule has 5 rings (SSSR count). The summed E-state index contributed by atoms with van der Waals surface area (Å²) in [4.78, 5) is 14.4. The molecule has 1 fully saturated rings. The first kappa shape index (κ1) is 27.3. The third-order valence-corrected chi connectivity index (χ3v) is 6.56. The van der Waals surface area contributed by atoms with Gasteiger partial charge in [0.2, 0.25) is 0 Å². The molecule has 0 amide bonds. The zero-order chi connectivity index (χ0) is 27.9. The zero-order valence-electron chi connectivity index (χ0n) is 21.7. The molecule has 2 heterocycles. The summed E-state index contributed by atoms with van der Waals surface area (Å²) >= 11 is 6.48. The molecule has 4 aromatic rings. The van der Waals surface area contributed by atoms with E-state index in [2.05, 4.69) is 37.6 Å². The van der Waals surface area contributed by atoms with Crippen LogP contribution in [0.15, 0.2) is 72.1 Å². The average molecular weight is 560 g/mol. The van der Waals surface area contributed by atoms with Gasteiger partial charge in [0.1, 0.15) is 36.9 Å². The third-order valence-electron chi connectivity index (χ3n) is 6.26. The number of aromatic nitrogens is 2. The van der Waals surface area contributed by atoms with Crippen LogP contribution in [0.25, 0.3) is 10.9 Å². The van der Waals surface area contributed by atoms with Crippen molar-refractivity contribution in [2.24, 2.45) is 5.16 Å². The number of β-amino-alcohol motifs (C(OH)–C–C–N with tert-alkyl or cyclic N) is 1. The van der Waals surface area contributed by atoms with E-state index < -0.39 is 0 Å². The fourth-order valence-corrected chi connectivity index (χ4v) is 4.54. The molecule has 3 N–H and O–H groups in total. The summed E-state index contributed by atoms with van der Waals surface area (Å²) in [6.45, 7) is 2.81. The number of aliphatic hydroxyl groups is 1. The fraction of sp³-hybridized carbons (Fsp3) is 0.233. The SMILES string of the molecule is CC#C/C(=N\OC[C@@H]1C[C@@H](O)CN1)c1ccc2ncnc(Nc3ccc(OCc4cccc(F)c4)c(Cl)c3)c2c1. The Hall–Kier alpha value is -4.23. The molecule has 2 atom stereocenters. The lowest BCUT2D eigenvalue weighted by atomic mass is 10.1. The smallest absolute Gasteiger partial charge is 0.159 e. The number of benzene rings is 3. The first-order chi connectivity index (χ1) is 19.5. The summed E-state index contributed by atoms with van der Waals surface area (Å²) in [5.41, 5.74) is 3.36. The van der Waals surface area contributed by atoms with Gasteiger partial charge in [-0.25, -0.2) is 14.4 Å². The Morgan fingerprint density at radius 3 is 2.88 bits per heavy atom. The zero-order valence-corrected chi connectivity index (χ0v) is 22.5.